The molecule has 5 heteroatoms. The third kappa shape index (κ3) is 2.66. The summed E-state index contributed by atoms with van der Waals surface area (Å²) in [6, 6.07) is 1.87. The molecular weight excluding hydrogens is 290 g/mol. The van der Waals surface area contributed by atoms with Crippen LogP contribution in [-0.4, -0.2) is 20.3 Å². The summed E-state index contributed by atoms with van der Waals surface area (Å²) in [5.41, 5.74) is 1.45. The lowest BCUT2D eigenvalue weighted by Crippen LogP contribution is -2.21. The number of ether oxygens (including phenoxy) is 2. The Labute approximate surface area is 130 Å². The summed E-state index contributed by atoms with van der Waals surface area (Å²) >= 11 is 6.34. The quantitative estimate of drug-likeness (QED) is 0.609. The maximum atomic E-state index is 10.9. The summed E-state index contributed by atoms with van der Waals surface area (Å²) in [5.74, 6) is 1.16. The van der Waals surface area contributed by atoms with E-state index in [9.17, 15) is 4.79 Å². The lowest BCUT2D eigenvalue weighted by atomic mass is 9.84. The highest BCUT2D eigenvalue weighted by atomic mass is 35.5. The Balaban J connectivity index is 2.73. The van der Waals surface area contributed by atoms with E-state index >= 15 is 0 Å². The largest absolute Gasteiger partial charge is 0.493 e. The normalized spacial score (nSPS) is 16.4. The molecule has 21 heavy (non-hydrogen) atoms. The molecule has 4 nitrogen and oxygen atoms in total. The lowest BCUT2D eigenvalue weighted by molar-refractivity contribution is 0.348. The van der Waals surface area contributed by atoms with Gasteiger partial charge < -0.3 is 9.47 Å². The van der Waals surface area contributed by atoms with Crippen molar-refractivity contribution in [2.75, 3.05) is 14.2 Å². The predicted octanol–water partition coefficient (Wildman–Crippen LogP) is 4.02. The molecule has 0 atom stereocenters. The van der Waals surface area contributed by atoms with Crippen LogP contribution in [-0.2, 0) is 16.8 Å². The number of isocyanates is 1. The molecule has 1 aliphatic rings. The monoisotopic (exact) mass is 309 g/mol. The summed E-state index contributed by atoms with van der Waals surface area (Å²) in [4.78, 5) is 15.1. The van der Waals surface area contributed by atoms with Gasteiger partial charge in [0.1, 0.15) is 0 Å². The first-order valence-corrected chi connectivity index (χ1v) is 7.54. The zero-order valence-electron chi connectivity index (χ0n) is 12.7. The molecule has 1 aromatic rings. The molecule has 1 aliphatic carbocycles. The summed E-state index contributed by atoms with van der Waals surface area (Å²) in [7, 11) is 3.17. The van der Waals surface area contributed by atoms with Crippen molar-refractivity contribution >= 4 is 17.7 Å². The third-order valence-electron chi connectivity index (χ3n) is 4.25. The van der Waals surface area contributed by atoms with Gasteiger partial charge in [-0.05, 0) is 30.9 Å². The van der Waals surface area contributed by atoms with Gasteiger partial charge in [-0.2, -0.15) is 4.99 Å². The van der Waals surface area contributed by atoms with E-state index in [0.29, 0.717) is 16.5 Å². The van der Waals surface area contributed by atoms with Gasteiger partial charge in [0.25, 0.3) is 0 Å². The summed E-state index contributed by atoms with van der Waals surface area (Å²) in [6.07, 6.45) is 6.25. The molecular formula is C16H20ClNO3. The van der Waals surface area contributed by atoms with Gasteiger partial charge in [-0.1, -0.05) is 31.4 Å². The van der Waals surface area contributed by atoms with Crippen LogP contribution in [0.5, 0.6) is 11.5 Å². The molecule has 0 radical (unpaired) electrons. The average molecular weight is 310 g/mol. The molecule has 0 spiro atoms. The second kappa shape index (κ2) is 6.50. The molecule has 0 saturated heterocycles. The van der Waals surface area contributed by atoms with Crippen LogP contribution in [0.15, 0.2) is 11.1 Å². The van der Waals surface area contributed by atoms with Gasteiger partial charge in [0, 0.05) is 5.56 Å². The number of aliphatic imine (C=N–C) groups is 1. The van der Waals surface area contributed by atoms with Crippen molar-refractivity contribution in [1.29, 1.82) is 0 Å². The Bertz CT molecular complexity index is 573. The lowest BCUT2D eigenvalue weighted by Gasteiger charge is -2.28. The molecule has 114 valence electrons. The number of methoxy groups -OCH3 is 2. The van der Waals surface area contributed by atoms with Crippen molar-refractivity contribution in [2.24, 2.45) is 4.99 Å². The number of carbonyl (C=O) groups excluding carboxylic acids is 1. The Morgan fingerprint density at radius 3 is 2.38 bits per heavy atom. The molecule has 1 saturated carbocycles. The minimum absolute atomic E-state index is 0.480. The predicted molar refractivity (Wildman–Crippen MR) is 82.2 cm³/mol. The van der Waals surface area contributed by atoms with Crippen LogP contribution in [0.3, 0.4) is 0 Å². The molecule has 1 fully saturated rings. The van der Waals surface area contributed by atoms with Crippen molar-refractivity contribution in [3.8, 4) is 11.5 Å². The fraction of sp³-hybridized carbons (Fsp3) is 0.562. The van der Waals surface area contributed by atoms with Gasteiger partial charge in [-0.3, -0.25) is 0 Å². The van der Waals surface area contributed by atoms with Crippen LogP contribution in [0.4, 0.5) is 0 Å². The van der Waals surface area contributed by atoms with Crippen LogP contribution in [0.1, 0.15) is 43.7 Å². The summed E-state index contributed by atoms with van der Waals surface area (Å²) in [6.45, 7) is 2.04. The fourth-order valence-electron chi connectivity index (χ4n) is 3.31. The molecule has 0 heterocycles. The zero-order chi connectivity index (χ0) is 15.5. The number of hydrogen-bond acceptors (Lipinski definition) is 4. The molecule has 0 N–H and O–H groups in total. The highest BCUT2D eigenvalue weighted by Gasteiger charge is 2.39. The first-order chi connectivity index (χ1) is 10.1. The van der Waals surface area contributed by atoms with Gasteiger partial charge in [-0.25, -0.2) is 4.79 Å². The molecule has 0 unspecified atom stereocenters. The highest BCUT2D eigenvalue weighted by molar-refractivity contribution is 6.32. The van der Waals surface area contributed by atoms with E-state index in [0.717, 1.165) is 43.2 Å². The first-order valence-electron chi connectivity index (χ1n) is 7.16. The van der Waals surface area contributed by atoms with E-state index in [1.807, 2.05) is 13.0 Å². The van der Waals surface area contributed by atoms with E-state index in [1.54, 1.807) is 20.3 Å². The number of rotatable bonds is 5. The van der Waals surface area contributed by atoms with Gasteiger partial charge >= 0.3 is 0 Å². The van der Waals surface area contributed by atoms with Crippen LogP contribution in [0, 0.1) is 0 Å². The van der Waals surface area contributed by atoms with Crippen molar-refractivity contribution in [3.63, 3.8) is 0 Å². The van der Waals surface area contributed by atoms with Crippen molar-refractivity contribution < 1.29 is 14.3 Å². The van der Waals surface area contributed by atoms with E-state index in [-0.39, 0.29) is 0 Å². The van der Waals surface area contributed by atoms with E-state index < -0.39 is 5.54 Å². The van der Waals surface area contributed by atoms with Crippen LogP contribution in [0.25, 0.3) is 0 Å². The number of hydrogen-bond donors (Lipinski definition) is 0. The van der Waals surface area contributed by atoms with Crippen LogP contribution in [0.2, 0.25) is 5.02 Å². The molecule has 0 bridgehead atoms. The van der Waals surface area contributed by atoms with E-state index in [2.05, 4.69) is 4.99 Å². The van der Waals surface area contributed by atoms with Crippen molar-refractivity contribution in [2.45, 2.75) is 44.6 Å². The maximum Gasteiger partial charge on any atom is 0.235 e. The zero-order valence-corrected chi connectivity index (χ0v) is 13.4. The molecule has 0 amide bonds. The van der Waals surface area contributed by atoms with E-state index in [1.165, 1.54) is 0 Å². The van der Waals surface area contributed by atoms with Crippen LogP contribution >= 0.6 is 11.6 Å². The Morgan fingerprint density at radius 2 is 1.90 bits per heavy atom. The Morgan fingerprint density at radius 1 is 1.29 bits per heavy atom. The summed E-state index contributed by atoms with van der Waals surface area (Å²) < 4.78 is 10.9. The minimum atomic E-state index is -0.518. The van der Waals surface area contributed by atoms with E-state index in [4.69, 9.17) is 21.1 Å². The minimum Gasteiger partial charge on any atom is -0.493 e. The number of halogens is 1. The van der Waals surface area contributed by atoms with Crippen molar-refractivity contribution in [3.05, 3.63) is 22.2 Å². The van der Waals surface area contributed by atoms with Gasteiger partial charge in [-0.15, -0.1) is 0 Å². The molecule has 1 aromatic carbocycles. The van der Waals surface area contributed by atoms with Gasteiger partial charge in [0.05, 0.1) is 24.8 Å². The fourth-order valence-corrected chi connectivity index (χ4v) is 3.58. The first kappa shape index (κ1) is 15.9. The van der Waals surface area contributed by atoms with Gasteiger partial charge in [0.2, 0.25) is 6.08 Å². The van der Waals surface area contributed by atoms with Crippen LogP contribution < -0.4 is 9.47 Å². The highest BCUT2D eigenvalue weighted by Crippen LogP contribution is 2.49. The molecule has 0 aromatic heterocycles. The topological polar surface area (TPSA) is 47.9 Å². The smallest absolute Gasteiger partial charge is 0.235 e. The number of benzene rings is 1. The van der Waals surface area contributed by atoms with Gasteiger partial charge in [0.15, 0.2) is 11.5 Å². The Hall–Kier alpha value is -1.51. The average Bonchev–Trinajstić information content (AvgIpc) is 2.96. The standard InChI is InChI=1S/C16H20ClNO3/c1-4-11-12(16(18-10-19)7-5-6-8-16)9-13(17)15(21-3)14(11)20-2/h9H,4-8H2,1-3H3. The Kier molecular flexibility index (Phi) is 4.92. The van der Waals surface area contributed by atoms with Crippen molar-refractivity contribution in [1.82, 2.24) is 0 Å². The third-order valence-corrected chi connectivity index (χ3v) is 4.53. The second-order valence-corrected chi connectivity index (χ2v) is 5.65. The SMILES string of the molecule is CCc1c(C2(N=C=O)CCCC2)cc(Cl)c(OC)c1OC. The molecule has 0 aliphatic heterocycles. The maximum absolute atomic E-state index is 10.9. The summed E-state index contributed by atoms with van der Waals surface area (Å²) in [5, 5.41) is 0.480. The number of nitrogens with zero attached hydrogens (tertiary/aromatic N) is 1. The molecule has 2 rings (SSSR count). The second-order valence-electron chi connectivity index (χ2n) is 5.25.